The average Bonchev–Trinajstić information content (AvgIpc) is 3.30. The summed E-state index contributed by atoms with van der Waals surface area (Å²) in [7, 11) is 1.52. The minimum Gasteiger partial charge on any atom is -0.481 e. The second kappa shape index (κ2) is 8.59. The molecular formula is C21H18FN7O2. The van der Waals surface area contributed by atoms with Crippen LogP contribution < -0.4 is 21.3 Å². The molecule has 0 amide bonds. The van der Waals surface area contributed by atoms with Gasteiger partial charge in [-0.1, -0.05) is 17.3 Å². The second-order valence-corrected chi connectivity index (χ2v) is 6.33. The number of halogens is 1. The van der Waals surface area contributed by atoms with Crippen molar-refractivity contribution >= 4 is 17.1 Å². The third-order valence-corrected chi connectivity index (χ3v) is 4.42. The molecule has 4 N–H and O–H groups in total. The summed E-state index contributed by atoms with van der Waals surface area (Å²) in [5, 5.41) is 5.10. The zero-order valence-electron chi connectivity index (χ0n) is 16.4. The average molecular weight is 419 g/mol. The molecule has 0 spiro atoms. The van der Waals surface area contributed by atoms with Crippen molar-refractivity contribution in [3.05, 3.63) is 84.4 Å². The molecule has 3 heterocycles. The number of hydrogen-bond donors (Lipinski definition) is 2. The van der Waals surface area contributed by atoms with Crippen LogP contribution in [0.4, 0.5) is 10.1 Å². The van der Waals surface area contributed by atoms with E-state index >= 15 is 0 Å². The van der Waals surface area contributed by atoms with Gasteiger partial charge in [0.05, 0.1) is 18.5 Å². The first-order valence-electron chi connectivity index (χ1n) is 9.12. The van der Waals surface area contributed by atoms with Crippen molar-refractivity contribution in [2.24, 2.45) is 11.6 Å². The number of methoxy groups -OCH3 is 1. The summed E-state index contributed by atoms with van der Waals surface area (Å²) in [6.45, 7) is 0. The third-order valence-electron chi connectivity index (χ3n) is 4.42. The minimum absolute atomic E-state index is 0.0180. The fourth-order valence-corrected chi connectivity index (χ4v) is 2.89. The number of pyridine rings is 2. The lowest BCUT2D eigenvalue weighted by Gasteiger charge is -2.23. The van der Waals surface area contributed by atoms with E-state index in [1.165, 1.54) is 19.2 Å². The van der Waals surface area contributed by atoms with Gasteiger partial charge in [0.25, 0.3) is 5.89 Å². The van der Waals surface area contributed by atoms with Crippen molar-refractivity contribution in [2.75, 3.05) is 12.1 Å². The van der Waals surface area contributed by atoms with E-state index in [0.29, 0.717) is 17.0 Å². The molecule has 0 bridgehead atoms. The van der Waals surface area contributed by atoms with Crippen molar-refractivity contribution in [3.8, 4) is 17.3 Å². The quantitative estimate of drug-likeness (QED) is 0.358. The smallest absolute Gasteiger partial charge is 0.276 e. The van der Waals surface area contributed by atoms with E-state index in [4.69, 9.17) is 20.8 Å². The molecule has 0 saturated heterocycles. The number of rotatable bonds is 6. The highest BCUT2D eigenvalue weighted by Gasteiger charge is 2.22. The van der Waals surface area contributed by atoms with Gasteiger partial charge in [0.1, 0.15) is 11.5 Å². The van der Waals surface area contributed by atoms with Gasteiger partial charge in [0, 0.05) is 35.8 Å². The van der Waals surface area contributed by atoms with Gasteiger partial charge in [-0.05, 0) is 30.3 Å². The summed E-state index contributed by atoms with van der Waals surface area (Å²) in [5.74, 6) is 6.51. The maximum atomic E-state index is 14.4. The minimum atomic E-state index is -0.514. The van der Waals surface area contributed by atoms with Crippen LogP contribution in [0.3, 0.4) is 0 Å². The predicted octanol–water partition coefficient (Wildman–Crippen LogP) is 2.84. The van der Waals surface area contributed by atoms with Crippen LogP contribution in [-0.2, 0) is 0 Å². The van der Waals surface area contributed by atoms with Crippen LogP contribution in [0, 0.1) is 5.82 Å². The molecule has 4 aromatic rings. The Kier molecular flexibility index (Phi) is 5.54. The zero-order chi connectivity index (χ0) is 21.8. The predicted molar refractivity (Wildman–Crippen MR) is 112 cm³/mol. The molecule has 0 saturated carbocycles. The van der Waals surface area contributed by atoms with E-state index in [0.717, 1.165) is 5.01 Å². The highest BCUT2D eigenvalue weighted by atomic mass is 19.1. The first-order chi connectivity index (χ1) is 15.1. The lowest BCUT2D eigenvalue weighted by atomic mass is 10.1. The Hall–Kier alpha value is -4.31. The van der Waals surface area contributed by atoms with E-state index < -0.39 is 5.82 Å². The Morgan fingerprint density at radius 3 is 2.55 bits per heavy atom. The van der Waals surface area contributed by atoms with Crippen LogP contribution in [0.15, 0.2) is 71.6 Å². The Balaban J connectivity index is 1.79. The number of hydrazine groups is 1. The number of nitrogens with zero attached hydrogens (tertiary/aromatic N) is 5. The maximum Gasteiger partial charge on any atom is 0.276 e. The molecule has 9 nitrogen and oxygen atoms in total. The van der Waals surface area contributed by atoms with Crippen molar-refractivity contribution in [1.29, 1.82) is 0 Å². The molecule has 0 radical (unpaired) electrons. The fourth-order valence-electron chi connectivity index (χ4n) is 2.89. The molecule has 0 fully saturated rings. The van der Waals surface area contributed by atoms with Gasteiger partial charge in [0.15, 0.2) is 0 Å². The van der Waals surface area contributed by atoms with E-state index in [1.807, 2.05) is 0 Å². The van der Waals surface area contributed by atoms with E-state index in [2.05, 4.69) is 20.1 Å². The number of nitrogens with two attached hydrogens (primary N) is 2. The van der Waals surface area contributed by atoms with Crippen LogP contribution in [0.25, 0.3) is 22.8 Å². The summed E-state index contributed by atoms with van der Waals surface area (Å²) in [6, 6.07) is 12.9. The van der Waals surface area contributed by atoms with Crippen molar-refractivity contribution in [3.63, 3.8) is 0 Å². The molecule has 0 aliphatic rings. The lowest BCUT2D eigenvalue weighted by molar-refractivity contribution is 0.397. The number of ether oxygens (including phenoxy) is 1. The number of hydrogen-bond acceptors (Lipinski definition) is 9. The third kappa shape index (κ3) is 4.05. The van der Waals surface area contributed by atoms with E-state index in [1.54, 1.807) is 55.0 Å². The van der Waals surface area contributed by atoms with Crippen LogP contribution in [-0.4, -0.2) is 27.2 Å². The van der Waals surface area contributed by atoms with Gasteiger partial charge in [-0.3, -0.25) is 9.99 Å². The molecule has 0 aliphatic heterocycles. The molecule has 156 valence electrons. The van der Waals surface area contributed by atoms with Crippen LogP contribution >= 0.6 is 0 Å². The maximum absolute atomic E-state index is 14.4. The molecule has 31 heavy (non-hydrogen) atoms. The second-order valence-electron chi connectivity index (χ2n) is 6.33. The first-order valence-corrected chi connectivity index (χ1v) is 9.12. The van der Waals surface area contributed by atoms with Gasteiger partial charge in [-0.2, -0.15) is 4.98 Å². The van der Waals surface area contributed by atoms with Gasteiger partial charge < -0.3 is 15.0 Å². The highest BCUT2D eigenvalue weighted by molar-refractivity contribution is 5.93. The standard InChI is InChI=1S/C21H18FN7O2/c1-30-17-7-6-14(12-26-17)20-27-21(31-28-20)18(23)19(13-8-10-25-11-9-13)29(24)16-5-3-2-4-15(16)22/h2-12H,23-24H2,1H3/b19-18-. The van der Waals surface area contributed by atoms with Crippen LogP contribution in [0.1, 0.15) is 11.5 Å². The van der Waals surface area contributed by atoms with Gasteiger partial charge in [-0.15, -0.1) is 0 Å². The Morgan fingerprint density at radius 2 is 1.87 bits per heavy atom. The summed E-state index contributed by atoms with van der Waals surface area (Å²) in [5.41, 5.74) is 8.03. The van der Waals surface area contributed by atoms with E-state index in [-0.39, 0.29) is 28.8 Å². The largest absolute Gasteiger partial charge is 0.481 e. The monoisotopic (exact) mass is 419 g/mol. The number of aromatic nitrogens is 4. The van der Waals surface area contributed by atoms with Gasteiger partial charge >= 0.3 is 0 Å². The van der Waals surface area contributed by atoms with Gasteiger partial charge in [0.2, 0.25) is 11.7 Å². The summed E-state index contributed by atoms with van der Waals surface area (Å²) < 4.78 is 24.8. The molecule has 4 rings (SSSR count). The summed E-state index contributed by atoms with van der Waals surface area (Å²) in [6.07, 6.45) is 4.69. The number of anilines is 1. The normalized spacial score (nSPS) is 11.7. The number of benzene rings is 1. The topological polar surface area (TPSA) is 129 Å². The molecule has 0 unspecified atom stereocenters. The fraction of sp³-hybridized carbons (Fsp3) is 0.0476. The lowest BCUT2D eigenvalue weighted by Crippen LogP contribution is -2.32. The molecule has 10 heteroatoms. The SMILES string of the molecule is COc1ccc(-c2noc(/C(N)=C(\c3ccncc3)N(N)c3ccccc3F)n2)cn1. The van der Waals surface area contributed by atoms with Crippen LogP contribution in [0.5, 0.6) is 5.88 Å². The van der Waals surface area contributed by atoms with Crippen molar-refractivity contribution in [1.82, 2.24) is 20.1 Å². The Morgan fingerprint density at radius 1 is 1.10 bits per heavy atom. The molecular weight excluding hydrogens is 401 g/mol. The molecule has 0 aliphatic carbocycles. The molecule has 0 atom stereocenters. The van der Waals surface area contributed by atoms with Gasteiger partial charge in [-0.25, -0.2) is 15.2 Å². The summed E-state index contributed by atoms with van der Waals surface area (Å²) >= 11 is 0. The molecule has 1 aromatic carbocycles. The first kappa shape index (κ1) is 20.0. The molecule has 3 aromatic heterocycles. The van der Waals surface area contributed by atoms with E-state index in [9.17, 15) is 4.39 Å². The zero-order valence-corrected chi connectivity index (χ0v) is 16.4. The highest BCUT2D eigenvalue weighted by Crippen LogP contribution is 2.30. The number of para-hydroxylation sites is 1. The van der Waals surface area contributed by atoms with Crippen molar-refractivity contribution < 1.29 is 13.7 Å². The van der Waals surface area contributed by atoms with Crippen molar-refractivity contribution in [2.45, 2.75) is 0 Å². The Bertz CT molecular complexity index is 1210. The van der Waals surface area contributed by atoms with Crippen LogP contribution in [0.2, 0.25) is 0 Å². The Labute approximate surface area is 176 Å². The summed E-state index contributed by atoms with van der Waals surface area (Å²) in [4.78, 5) is 12.5.